The molecule has 0 spiro atoms. The van der Waals surface area contributed by atoms with E-state index >= 15 is 0 Å². The third-order valence-corrected chi connectivity index (χ3v) is 3.94. The molecule has 2 aromatic rings. The fraction of sp³-hybridized carbons (Fsp3) is 0.400. The third-order valence-electron chi connectivity index (χ3n) is 3.94. The second-order valence-electron chi connectivity index (χ2n) is 5.41. The number of nitrogens with one attached hydrogen (secondary N) is 2. The number of H-pyrrole nitrogens is 1. The lowest BCUT2D eigenvalue weighted by atomic mass is 10.2. The van der Waals surface area contributed by atoms with Gasteiger partial charge in [-0.2, -0.15) is 5.10 Å². The first-order chi connectivity index (χ1) is 10.1. The predicted octanol–water partition coefficient (Wildman–Crippen LogP) is 2.36. The van der Waals surface area contributed by atoms with Gasteiger partial charge in [-0.15, -0.1) is 0 Å². The number of benzene rings is 1. The zero-order valence-electron chi connectivity index (χ0n) is 11.9. The molecule has 0 amide bonds. The molecule has 0 aliphatic carbocycles. The van der Waals surface area contributed by atoms with E-state index in [9.17, 15) is 8.78 Å². The summed E-state index contributed by atoms with van der Waals surface area (Å²) >= 11 is 0. The summed E-state index contributed by atoms with van der Waals surface area (Å²) in [5.41, 5.74) is 2.24. The molecular formula is C15H18F2N4. The predicted molar refractivity (Wildman–Crippen MR) is 77.1 cm³/mol. The van der Waals surface area contributed by atoms with Crippen LogP contribution in [0.4, 0.5) is 14.5 Å². The van der Waals surface area contributed by atoms with Gasteiger partial charge in [0, 0.05) is 25.7 Å². The van der Waals surface area contributed by atoms with Crippen molar-refractivity contribution in [3.8, 4) is 0 Å². The van der Waals surface area contributed by atoms with Crippen molar-refractivity contribution in [3.63, 3.8) is 0 Å². The highest BCUT2D eigenvalue weighted by Crippen LogP contribution is 2.26. The fourth-order valence-electron chi connectivity index (χ4n) is 2.72. The van der Waals surface area contributed by atoms with Crippen LogP contribution in [0.5, 0.6) is 0 Å². The average Bonchev–Trinajstić information content (AvgIpc) is 3.06. The molecular weight excluding hydrogens is 274 g/mol. The molecule has 1 fully saturated rings. The maximum absolute atomic E-state index is 13.8. The zero-order valence-corrected chi connectivity index (χ0v) is 11.9. The molecule has 4 nitrogen and oxygen atoms in total. The lowest BCUT2D eigenvalue weighted by molar-refractivity contribution is 0.540. The van der Waals surface area contributed by atoms with E-state index in [1.807, 2.05) is 6.92 Å². The molecule has 0 saturated carbocycles. The quantitative estimate of drug-likeness (QED) is 0.909. The van der Waals surface area contributed by atoms with Crippen LogP contribution in [0.15, 0.2) is 24.4 Å². The Morgan fingerprint density at radius 1 is 1.38 bits per heavy atom. The molecule has 1 saturated heterocycles. The van der Waals surface area contributed by atoms with Crippen LogP contribution in [0.2, 0.25) is 0 Å². The molecule has 1 aromatic heterocycles. The van der Waals surface area contributed by atoms with Gasteiger partial charge < -0.3 is 10.2 Å². The summed E-state index contributed by atoms with van der Waals surface area (Å²) in [6.07, 6.45) is 2.65. The van der Waals surface area contributed by atoms with Gasteiger partial charge in [-0.25, -0.2) is 8.78 Å². The molecule has 0 radical (unpaired) electrons. The first-order valence-electron chi connectivity index (χ1n) is 7.06. The lowest BCUT2D eigenvalue weighted by Crippen LogP contribution is -2.32. The number of aromatic amines is 1. The lowest BCUT2D eigenvalue weighted by Gasteiger charge is -2.20. The smallest absolute Gasteiger partial charge is 0.149 e. The van der Waals surface area contributed by atoms with E-state index in [0.717, 1.165) is 17.7 Å². The standard InChI is InChI=1S/C15H18F2N4/c1-10-7-19-20-14(10)8-18-11-5-6-21(9-11)15-12(16)3-2-4-13(15)17/h2-4,7,11,18H,5-6,8-9H2,1H3,(H,19,20). The van der Waals surface area contributed by atoms with Crippen LogP contribution in [0.25, 0.3) is 0 Å². The highest BCUT2D eigenvalue weighted by Gasteiger charge is 2.26. The van der Waals surface area contributed by atoms with E-state index in [2.05, 4.69) is 15.5 Å². The average molecular weight is 292 g/mol. The van der Waals surface area contributed by atoms with Crippen LogP contribution in [-0.4, -0.2) is 29.3 Å². The van der Waals surface area contributed by atoms with Crippen LogP contribution < -0.4 is 10.2 Å². The summed E-state index contributed by atoms with van der Waals surface area (Å²) in [5.74, 6) is -1.000. The van der Waals surface area contributed by atoms with Gasteiger partial charge in [0.15, 0.2) is 0 Å². The van der Waals surface area contributed by atoms with Gasteiger partial charge in [0.25, 0.3) is 0 Å². The normalized spacial score (nSPS) is 18.4. The SMILES string of the molecule is Cc1cn[nH]c1CNC1CCN(c2c(F)cccc2F)C1. The minimum atomic E-state index is -0.500. The Balaban J connectivity index is 1.62. The highest BCUT2D eigenvalue weighted by molar-refractivity contribution is 5.50. The van der Waals surface area contributed by atoms with Crippen molar-refractivity contribution in [2.75, 3.05) is 18.0 Å². The van der Waals surface area contributed by atoms with E-state index in [4.69, 9.17) is 0 Å². The van der Waals surface area contributed by atoms with Crippen molar-refractivity contribution in [2.45, 2.75) is 25.9 Å². The van der Waals surface area contributed by atoms with Crippen molar-refractivity contribution in [2.24, 2.45) is 0 Å². The molecule has 2 N–H and O–H groups in total. The van der Waals surface area contributed by atoms with Gasteiger partial charge >= 0.3 is 0 Å². The summed E-state index contributed by atoms with van der Waals surface area (Å²) in [6.45, 7) is 3.93. The van der Waals surface area contributed by atoms with Crippen molar-refractivity contribution >= 4 is 5.69 Å². The number of halogens is 2. The largest absolute Gasteiger partial charge is 0.365 e. The molecule has 112 valence electrons. The topological polar surface area (TPSA) is 44.0 Å². The van der Waals surface area contributed by atoms with Crippen LogP contribution in [-0.2, 0) is 6.54 Å². The Labute approximate surface area is 122 Å². The Morgan fingerprint density at radius 2 is 2.14 bits per heavy atom. The number of aromatic nitrogens is 2. The zero-order chi connectivity index (χ0) is 14.8. The molecule has 21 heavy (non-hydrogen) atoms. The Hall–Kier alpha value is -1.95. The second kappa shape index (κ2) is 5.81. The molecule has 3 rings (SSSR count). The number of hydrogen-bond acceptors (Lipinski definition) is 3. The Bertz CT molecular complexity index is 606. The van der Waals surface area contributed by atoms with Gasteiger partial charge in [-0.3, -0.25) is 5.10 Å². The van der Waals surface area contributed by atoms with E-state index in [0.29, 0.717) is 19.6 Å². The van der Waals surface area contributed by atoms with Gasteiger partial charge in [-0.05, 0) is 31.0 Å². The van der Waals surface area contributed by atoms with Crippen LogP contribution >= 0.6 is 0 Å². The highest BCUT2D eigenvalue weighted by atomic mass is 19.1. The summed E-state index contributed by atoms with van der Waals surface area (Å²) in [7, 11) is 0. The minimum absolute atomic E-state index is 0.0829. The maximum atomic E-state index is 13.8. The number of nitrogens with zero attached hydrogens (tertiary/aromatic N) is 2. The number of aryl methyl sites for hydroxylation is 1. The van der Waals surface area contributed by atoms with Crippen LogP contribution in [0.3, 0.4) is 0 Å². The molecule has 2 heterocycles. The summed E-state index contributed by atoms with van der Waals surface area (Å²) < 4.78 is 27.6. The minimum Gasteiger partial charge on any atom is -0.365 e. The second-order valence-corrected chi connectivity index (χ2v) is 5.41. The number of para-hydroxylation sites is 1. The molecule has 6 heteroatoms. The molecule has 0 bridgehead atoms. The summed E-state index contributed by atoms with van der Waals surface area (Å²) in [4.78, 5) is 1.77. The van der Waals surface area contributed by atoms with Gasteiger partial charge in [-0.1, -0.05) is 6.07 Å². The first kappa shape index (κ1) is 14.0. The number of hydrogen-bond donors (Lipinski definition) is 2. The molecule has 1 aliphatic heterocycles. The molecule has 1 aromatic carbocycles. The number of anilines is 1. The molecule has 1 atom stereocenters. The Morgan fingerprint density at radius 3 is 2.81 bits per heavy atom. The first-order valence-corrected chi connectivity index (χ1v) is 7.06. The molecule has 1 unspecified atom stereocenters. The summed E-state index contributed by atoms with van der Waals surface area (Å²) in [6, 6.07) is 4.20. The van der Waals surface area contributed by atoms with Crippen molar-refractivity contribution < 1.29 is 8.78 Å². The fourth-order valence-corrected chi connectivity index (χ4v) is 2.72. The van der Waals surface area contributed by atoms with Gasteiger partial charge in [0.05, 0.1) is 11.9 Å². The van der Waals surface area contributed by atoms with Crippen molar-refractivity contribution in [1.82, 2.24) is 15.5 Å². The molecule has 1 aliphatic rings. The summed E-state index contributed by atoms with van der Waals surface area (Å²) in [5, 5.41) is 10.3. The third kappa shape index (κ3) is 2.90. The Kier molecular flexibility index (Phi) is 3.88. The van der Waals surface area contributed by atoms with Crippen molar-refractivity contribution in [1.29, 1.82) is 0 Å². The number of rotatable bonds is 4. The van der Waals surface area contributed by atoms with E-state index < -0.39 is 11.6 Å². The van der Waals surface area contributed by atoms with E-state index in [1.54, 1.807) is 11.1 Å². The van der Waals surface area contributed by atoms with Crippen molar-refractivity contribution in [3.05, 3.63) is 47.3 Å². The van der Waals surface area contributed by atoms with Crippen LogP contribution in [0, 0.1) is 18.6 Å². The van der Waals surface area contributed by atoms with E-state index in [1.165, 1.54) is 18.2 Å². The van der Waals surface area contributed by atoms with Gasteiger partial charge in [0.1, 0.15) is 17.3 Å². The monoisotopic (exact) mass is 292 g/mol. The van der Waals surface area contributed by atoms with Crippen LogP contribution in [0.1, 0.15) is 17.7 Å². The van der Waals surface area contributed by atoms with E-state index in [-0.39, 0.29) is 11.7 Å². The maximum Gasteiger partial charge on any atom is 0.149 e. The van der Waals surface area contributed by atoms with Gasteiger partial charge in [0.2, 0.25) is 0 Å².